The Kier molecular flexibility index (Phi) is 8.85. The van der Waals surface area contributed by atoms with E-state index in [-0.39, 0.29) is 30.1 Å². The highest BCUT2D eigenvalue weighted by Crippen LogP contribution is 2.29. The highest BCUT2D eigenvalue weighted by Gasteiger charge is 2.27. The Labute approximate surface area is 246 Å². The van der Waals surface area contributed by atoms with Gasteiger partial charge < -0.3 is 19.9 Å². The number of amides is 2. The molecule has 11 nitrogen and oxygen atoms in total. The van der Waals surface area contributed by atoms with Gasteiger partial charge in [0.15, 0.2) is 11.5 Å². The molecule has 1 aliphatic rings. The Balaban J connectivity index is 1.22. The predicted molar refractivity (Wildman–Crippen MR) is 156 cm³/mol. The van der Waals surface area contributed by atoms with E-state index in [1.54, 1.807) is 11.8 Å². The molecule has 0 unspecified atom stereocenters. The minimum atomic E-state index is -3.86. The van der Waals surface area contributed by atoms with Crippen LogP contribution >= 0.6 is 0 Å². The van der Waals surface area contributed by atoms with Gasteiger partial charge in [0.05, 0.1) is 23.3 Å². The van der Waals surface area contributed by atoms with E-state index in [9.17, 15) is 22.4 Å². The highest BCUT2D eigenvalue weighted by molar-refractivity contribution is 7.92. The zero-order valence-corrected chi connectivity index (χ0v) is 24.1. The Morgan fingerprint density at radius 3 is 2.58 bits per heavy atom. The van der Waals surface area contributed by atoms with E-state index in [1.165, 1.54) is 12.3 Å². The van der Waals surface area contributed by atoms with Crippen LogP contribution in [0.15, 0.2) is 54.7 Å². The number of carbonyl (C=O) groups excluding carboxylic acids is 2. The molecule has 2 aromatic heterocycles. The molecule has 14 heteroatoms. The van der Waals surface area contributed by atoms with E-state index < -0.39 is 38.8 Å². The lowest BCUT2D eigenvalue weighted by Gasteiger charge is -2.30. The van der Waals surface area contributed by atoms with E-state index in [4.69, 9.17) is 4.74 Å². The summed E-state index contributed by atoms with van der Waals surface area (Å²) < 4.78 is 61.1. The van der Waals surface area contributed by atoms with Crippen molar-refractivity contribution in [1.82, 2.24) is 19.9 Å². The number of hydrogen-bond donors (Lipinski definition) is 3. The van der Waals surface area contributed by atoms with Crippen LogP contribution < -0.4 is 10.0 Å². The van der Waals surface area contributed by atoms with Crippen LogP contribution in [0, 0.1) is 11.6 Å². The molecule has 3 heterocycles. The first-order chi connectivity index (χ1) is 20.6. The number of likely N-dealkylation sites (tertiary alicyclic amines) is 1. The number of halogens is 2. The third-order valence-electron chi connectivity index (χ3n) is 7.01. The standard InChI is InChI=1S/C29H30F2N6O5S/c1-2-14-43(40,41)36-22-9-8-21(30)24(25(22)31)28(38)33-20-15-23-27(32-16-20)35-26(34-23)19-10-12-37(13-11-19)29(39)42-17-18-6-4-3-5-7-18/h3-9,15-16,19,36H,2,10-14,17H2,1H3,(H,33,38)(H,32,34,35). The summed E-state index contributed by atoms with van der Waals surface area (Å²) in [6.45, 7) is 2.83. The number of aromatic nitrogens is 3. The average Bonchev–Trinajstić information content (AvgIpc) is 3.41. The molecule has 2 amide bonds. The zero-order chi connectivity index (χ0) is 30.6. The minimum absolute atomic E-state index is 0.0350. The van der Waals surface area contributed by atoms with Crippen molar-refractivity contribution in [3.05, 3.63) is 83.3 Å². The number of sulfonamides is 1. The van der Waals surface area contributed by atoms with Crippen molar-refractivity contribution in [2.75, 3.05) is 28.9 Å². The van der Waals surface area contributed by atoms with E-state index in [2.05, 4.69) is 20.3 Å². The summed E-state index contributed by atoms with van der Waals surface area (Å²) in [5.41, 5.74) is 0.480. The van der Waals surface area contributed by atoms with Crippen LogP contribution in [-0.2, 0) is 21.4 Å². The van der Waals surface area contributed by atoms with Gasteiger partial charge in [-0.2, -0.15) is 0 Å². The van der Waals surface area contributed by atoms with Gasteiger partial charge in [0.25, 0.3) is 5.91 Å². The van der Waals surface area contributed by atoms with Crippen molar-refractivity contribution < 1.29 is 31.5 Å². The summed E-state index contributed by atoms with van der Waals surface area (Å²) in [5.74, 6) is -3.15. The van der Waals surface area contributed by atoms with E-state index in [0.29, 0.717) is 49.3 Å². The summed E-state index contributed by atoms with van der Waals surface area (Å²) in [7, 11) is -3.86. The van der Waals surface area contributed by atoms with Crippen LogP contribution in [0.25, 0.3) is 11.2 Å². The van der Waals surface area contributed by atoms with Gasteiger partial charge in [-0.25, -0.2) is 32.0 Å². The second-order valence-electron chi connectivity index (χ2n) is 10.2. The Hall–Kier alpha value is -4.59. The SMILES string of the molecule is CCCS(=O)(=O)Nc1ccc(F)c(C(=O)Nc2cnc3[nH]c(C4CCN(C(=O)OCc5ccccc5)CC4)nc3c2)c1F. The maximum absolute atomic E-state index is 15.0. The van der Waals surface area contributed by atoms with Crippen molar-refractivity contribution in [3.8, 4) is 0 Å². The Bertz CT molecular complexity index is 1740. The number of rotatable bonds is 9. The maximum atomic E-state index is 15.0. The average molecular weight is 613 g/mol. The fraction of sp³-hybridized carbons (Fsp3) is 0.310. The highest BCUT2D eigenvalue weighted by atomic mass is 32.2. The number of carbonyl (C=O) groups is 2. The number of fused-ring (bicyclic) bond motifs is 1. The van der Waals surface area contributed by atoms with Crippen molar-refractivity contribution in [2.24, 2.45) is 0 Å². The predicted octanol–water partition coefficient (Wildman–Crippen LogP) is 5.16. The first kappa shape index (κ1) is 29.9. The molecule has 0 radical (unpaired) electrons. The third-order valence-corrected chi connectivity index (χ3v) is 8.49. The van der Waals surface area contributed by atoms with Gasteiger partial charge in [-0.3, -0.25) is 9.52 Å². The van der Waals surface area contributed by atoms with Crippen LogP contribution in [0.1, 0.15) is 53.8 Å². The largest absolute Gasteiger partial charge is 0.445 e. The molecule has 0 spiro atoms. The van der Waals surface area contributed by atoms with Crippen molar-refractivity contribution >= 4 is 44.6 Å². The number of aromatic amines is 1. The molecule has 43 heavy (non-hydrogen) atoms. The lowest BCUT2D eigenvalue weighted by Crippen LogP contribution is -2.38. The fourth-order valence-corrected chi connectivity index (χ4v) is 5.97. The third kappa shape index (κ3) is 7.08. The summed E-state index contributed by atoms with van der Waals surface area (Å²) in [5, 5.41) is 2.41. The molecule has 1 fully saturated rings. The number of imidazole rings is 1. The maximum Gasteiger partial charge on any atom is 0.410 e. The molecule has 0 atom stereocenters. The van der Waals surface area contributed by atoms with Gasteiger partial charge in [0.1, 0.15) is 29.3 Å². The molecule has 226 valence electrons. The smallest absolute Gasteiger partial charge is 0.410 e. The number of nitrogens with one attached hydrogen (secondary N) is 3. The molecule has 0 saturated carbocycles. The monoisotopic (exact) mass is 612 g/mol. The lowest BCUT2D eigenvalue weighted by atomic mass is 9.96. The van der Waals surface area contributed by atoms with E-state index in [0.717, 1.165) is 17.7 Å². The molecule has 1 saturated heterocycles. The Morgan fingerprint density at radius 2 is 1.86 bits per heavy atom. The topological polar surface area (TPSA) is 146 Å². The van der Waals surface area contributed by atoms with Gasteiger partial charge in [0, 0.05) is 19.0 Å². The summed E-state index contributed by atoms with van der Waals surface area (Å²) in [4.78, 5) is 39.0. The second kappa shape index (κ2) is 12.7. The molecule has 0 aliphatic carbocycles. The second-order valence-corrected chi connectivity index (χ2v) is 12.0. The van der Waals surface area contributed by atoms with Crippen LogP contribution in [0.3, 0.4) is 0 Å². The van der Waals surface area contributed by atoms with E-state index in [1.807, 2.05) is 35.1 Å². The van der Waals surface area contributed by atoms with Gasteiger partial charge in [-0.1, -0.05) is 37.3 Å². The van der Waals surface area contributed by atoms with Crippen LogP contribution in [0.4, 0.5) is 25.0 Å². The first-order valence-corrected chi connectivity index (χ1v) is 15.4. The number of benzene rings is 2. The first-order valence-electron chi connectivity index (χ1n) is 13.7. The molecular weight excluding hydrogens is 582 g/mol. The van der Waals surface area contributed by atoms with Gasteiger partial charge in [-0.05, 0) is 43.0 Å². The quantitative estimate of drug-likeness (QED) is 0.237. The number of piperidine rings is 1. The van der Waals surface area contributed by atoms with Crippen molar-refractivity contribution in [3.63, 3.8) is 0 Å². The van der Waals surface area contributed by atoms with Gasteiger partial charge in [0.2, 0.25) is 10.0 Å². The van der Waals surface area contributed by atoms with Gasteiger partial charge >= 0.3 is 6.09 Å². The van der Waals surface area contributed by atoms with Crippen LogP contribution in [0.5, 0.6) is 0 Å². The summed E-state index contributed by atoms with van der Waals surface area (Å²) >= 11 is 0. The number of anilines is 2. The number of nitrogens with zero attached hydrogens (tertiary/aromatic N) is 3. The number of hydrogen-bond acceptors (Lipinski definition) is 7. The normalized spacial score (nSPS) is 14.1. The number of H-pyrrole nitrogens is 1. The molecule has 0 bridgehead atoms. The molecule has 2 aromatic carbocycles. The van der Waals surface area contributed by atoms with Crippen molar-refractivity contribution in [1.29, 1.82) is 0 Å². The fourth-order valence-electron chi connectivity index (χ4n) is 4.84. The van der Waals surface area contributed by atoms with Crippen LogP contribution in [-0.4, -0.2) is 59.1 Å². The molecular formula is C29H30F2N6O5S. The lowest BCUT2D eigenvalue weighted by molar-refractivity contribution is 0.0866. The molecule has 5 rings (SSSR count). The van der Waals surface area contributed by atoms with Gasteiger partial charge in [-0.15, -0.1) is 0 Å². The minimum Gasteiger partial charge on any atom is -0.445 e. The Morgan fingerprint density at radius 1 is 1.12 bits per heavy atom. The number of ether oxygens (including phenoxy) is 1. The molecule has 1 aliphatic heterocycles. The zero-order valence-electron chi connectivity index (χ0n) is 23.3. The molecule has 4 aromatic rings. The van der Waals surface area contributed by atoms with Crippen LogP contribution in [0.2, 0.25) is 0 Å². The van der Waals surface area contributed by atoms with Crippen molar-refractivity contribution in [2.45, 2.75) is 38.7 Å². The van der Waals surface area contributed by atoms with E-state index >= 15 is 4.39 Å². The summed E-state index contributed by atoms with van der Waals surface area (Å²) in [6, 6.07) is 12.7. The number of pyridine rings is 1. The summed E-state index contributed by atoms with van der Waals surface area (Å²) in [6.07, 6.45) is 2.54. The molecule has 3 N–H and O–H groups in total.